The summed E-state index contributed by atoms with van der Waals surface area (Å²) in [4.78, 5) is 13.7. The van der Waals surface area contributed by atoms with Crippen LogP contribution in [0.4, 0.5) is 14.9 Å². The third-order valence-corrected chi connectivity index (χ3v) is 4.14. The molecule has 0 unspecified atom stereocenters. The van der Waals surface area contributed by atoms with Gasteiger partial charge in [-0.3, -0.25) is 0 Å². The van der Waals surface area contributed by atoms with E-state index in [-0.39, 0.29) is 11.9 Å². The predicted octanol–water partition coefficient (Wildman–Crippen LogP) is 3.31. The van der Waals surface area contributed by atoms with Gasteiger partial charge in [-0.25, -0.2) is 9.18 Å². The first-order chi connectivity index (χ1) is 11.1. The van der Waals surface area contributed by atoms with Crippen LogP contribution >= 0.6 is 0 Å². The van der Waals surface area contributed by atoms with Crippen LogP contribution in [0, 0.1) is 12.7 Å². The summed E-state index contributed by atoms with van der Waals surface area (Å²) in [7, 11) is 0. The van der Waals surface area contributed by atoms with Crippen molar-refractivity contribution in [3.63, 3.8) is 0 Å². The molecule has 1 saturated heterocycles. The Kier molecular flexibility index (Phi) is 5.38. The highest BCUT2D eigenvalue weighted by Gasteiger charge is 2.35. The van der Waals surface area contributed by atoms with E-state index >= 15 is 0 Å². The first-order valence-electron chi connectivity index (χ1n) is 8.28. The summed E-state index contributed by atoms with van der Waals surface area (Å²) < 4.78 is 18.9. The van der Waals surface area contributed by atoms with Gasteiger partial charge >= 0.3 is 6.09 Å². The summed E-state index contributed by atoms with van der Waals surface area (Å²) in [6.45, 7) is 8.39. The van der Waals surface area contributed by atoms with Crippen LogP contribution in [0.1, 0.15) is 39.2 Å². The van der Waals surface area contributed by atoms with E-state index < -0.39 is 11.2 Å². The van der Waals surface area contributed by atoms with Crippen molar-refractivity contribution in [3.8, 4) is 0 Å². The van der Waals surface area contributed by atoms with Crippen LogP contribution in [0.2, 0.25) is 0 Å². The van der Waals surface area contributed by atoms with Gasteiger partial charge in [-0.05, 0) is 58.2 Å². The number of hydrogen-bond donors (Lipinski definition) is 2. The SMILES string of the molecule is Cc1ccc(NCC2(O)CCN(C(=O)OC(C)(C)C)CC2)cc1F. The summed E-state index contributed by atoms with van der Waals surface area (Å²) in [5.41, 5.74) is -0.215. The Balaban J connectivity index is 1.85. The Labute approximate surface area is 142 Å². The molecule has 0 radical (unpaired) electrons. The van der Waals surface area contributed by atoms with Gasteiger partial charge in [0.1, 0.15) is 11.4 Å². The second-order valence-corrected chi connectivity index (χ2v) is 7.51. The minimum atomic E-state index is -0.917. The Bertz CT molecular complexity index is 590. The molecule has 0 aromatic heterocycles. The number of nitrogens with one attached hydrogen (secondary N) is 1. The Morgan fingerprint density at radius 1 is 1.38 bits per heavy atom. The molecule has 1 aliphatic heterocycles. The van der Waals surface area contributed by atoms with Crippen LogP contribution in [0.3, 0.4) is 0 Å². The average molecular weight is 338 g/mol. The van der Waals surface area contributed by atoms with E-state index in [9.17, 15) is 14.3 Å². The first kappa shape index (κ1) is 18.5. The zero-order valence-corrected chi connectivity index (χ0v) is 14.9. The molecular formula is C18H27FN2O3. The Hall–Kier alpha value is -1.82. The predicted molar refractivity (Wildman–Crippen MR) is 91.6 cm³/mol. The fourth-order valence-corrected chi connectivity index (χ4v) is 2.58. The number of halogens is 1. The van der Waals surface area contributed by atoms with E-state index in [0.717, 1.165) is 0 Å². The number of rotatable bonds is 3. The number of aryl methyl sites for hydroxylation is 1. The molecule has 0 spiro atoms. The van der Waals surface area contributed by atoms with E-state index in [1.165, 1.54) is 6.07 Å². The second kappa shape index (κ2) is 6.97. The van der Waals surface area contributed by atoms with Crippen molar-refractivity contribution in [1.29, 1.82) is 0 Å². The van der Waals surface area contributed by atoms with Gasteiger partial charge in [0.25, 0.3) is 0 Å². The summed E-state index contributed by atoms with van der Waals surface area (Å²) in [5, 5.41) is 13.7. The fourth-order valence-electron chi connectivity index (χ4n) is 2.58. The van der Waals surface area contributed by atoms with Gasteiger partial charge in [0.05, 0.1) is 5.60 Å². The molecule has 1 fully saturated rings. The van der Waals surface area contributed by atoms with Crippen LogP contribution in [-0.2, 0) is 4.74 Å². The summed E-state index contributed by atoms with van der Waals surface area (Å²) >= 11 is 0. The normalized spacial score (nSPS) is 17.5. The summed E-state index contributed by atoms with van der Waals surface area (Å²) in [6, 6.07) is 4.92. The van der Waals surface area contributed by atoms with E-state index in [1.54, 1.807) is 24.0 Å². The van der Waals surface area contributed by atoms with E-state index in [1.807, 2.05) is 20.8 Å². The number of benzene rings is 1. The molecule has 0 bridgehead atoms. The molecule has 134 valence electrons. The van der Waals surface area contributed by atoms with Gasteiger partial charge in [0, 0.05) is 25.3 Å². The van der Waals surface area contributed by atoms with Crippen molar-refractivity contribution < 1.29 is 19.0 Å². The second-order valence-electron chi connectivity index (χ2n) is 7.51. The van der Waals surface area contributed by atoms with Gasteiger partial charge < -0.3 is 20.1 Å². The zero-order chi connectivity index (χ0) is 18.0. The van der Waals surface area contributed by atoms with Gasteiger partial charge in [-0.2, -0.15) is 0 Å². The van der Waals surface area contributed by atoms with Crippen molar-refractivity contribution in [3.05, 3.63) is 29.6 Å². The average Bonchev–Trinajstić information content (AvgIpc) is 2.47. The lowest BCUT2D eigenvalue weighted by Gasteiger charge is -2.38. The molecule has 1 amide bonds. The molecule has 0 aliphatic carbocycles. The number of amides is 1. The minimum Gasteiger partial charge on any atom is -0.444 e. The number of hydrogen-bond acceptors (Lipinski definition) is 4. The monoisotopic (exact) mass is 338 g/mol. The lowest BCUT2D eigenvalue weighted by atomic mass is 9.91. The number of carbonyl (C=O) groups is 1. The molecular weight excluding hydrogens is 311 g/mol. The number of anilines is 1. The molecule has 6 heteroatoms. The number of carbonyl (C=O) groups excluding carboxylic acids is 1. The lowest BCUT2D eigenvalue weighted by Crippen LogP contribution is -2.50. The molecule has 1 heterocycles. The van der Waals surface area contributed by atoms with Crippen LogP contribution in [0.5, 0.6) is 0 Å². The maximum atomic E-state index is 13.6. The van der Waals surface area contributed by atoms with E-state index in [2.05, 4.69) is 5.32 Å². The highest BCUT2D eigenvalue weighted by molar-refractivity contribution is 5.68. The van der Waals surface area contributed by atoms with Crippen molar-refractivity contribution >= 4 is 11.8 Å². The zero-order valence-electron chi connectivity index (χ0n) is 14.9. The van der Waals surface area contributed by atoms with Crippen molar-refractivity contribution in [2.24, 2.45) is 0 Å². The fraction of sp³-hybridized carbons (Fsp3) is 0.611. The maximum Gasteiger partial charge on any atom is 0.410 e. The van der Waals surface area contributed by atoms with Crippen molar-refractivity contribution in [1.82, 2.24) is 4.90 Å². The number of aliphatic hydroxyl groups is 1. The van der Waals surface area contributed by atoms with Crippen LogP contribution in [0.15, 0.2) is 18.2 Å². The Morgan fingerprint density at radius 2 is 2.00 bits per heavy atom. The highest BCUT2D eigenvalue weighted by Crippen LogP contribution is 2.25. The molecule has 1 aromatic rings. The number of nitrogens with zero attached hydrogens (tertiary/aromatic N) is 1. The maximum absolute atomic E-state index is 13.6. The number of ether oxygens (including phenoxy) is 1. The largest absolute Gasteiger partial charge is 0.444 e. The van der Waals surface area contributed by atoms with E-state index in [4.69, 9.17) is 4.74 Å². The molecule has 0 saturated carbocycles. The van der Waals surface area contributed by atoms with Crippen LogP contribution in [-0.4, -0.2) is 46.9 Å². The van der Waals surface area contributed by atoms with Crippen molar-refractivity contribution in [2.45, 2.75) is 51.7 Å². The summed E-state index contributed by atoms with van der Waals surface area (Å²) in [5.74, 6) is -0.272. The van der Waals surface area contributed by atoms with Gasteiger partial charge in [0.15, 0.2) is 0 Å². The number of likely N-dealkylation sites (tertiary alicyclic amines) is 1. The van der Waals surface area contributed by atoms with Gasteiger partial charge in [0.2, 0.25) is 0 Å². The molecule has 1 aliphatic rings. The van der Waals surface area contributed by atoms with Crippen LogP contribution in [0.25, 0.3) is 0 Å². The number of piperidine rings is 1. The minimum absolute atomic E-state index is 0.272. The van der Waals surface area contributed by atoms with Crippen molar-refractivity contribution in [2.75, 3.05) is 25.0 Å². The molecule has 1 aromatic carbocycles. The third kappa shape index (κ3) is 5.09. The first-order valence-corrected chi connectivity index (χ1v) is 8.28. The van der Waals surface area contributed by atoms with Gasteiger partial charge in [-0.15, -0.1) is 0 Å². The smallest absolute Gasteiger partial charge is 0.410 e. The summed E-state index contributed by atoms with van der Waals surface area (Å²) in [6.07, 6.45) is 0.555. The quantitative estimate of drug-likeness (QED) is 0.888. The molecule has 2 rings (SSSR count). The molecule has 0 atom stereocenters. The molecule has 2 N–H and O–H groups in total. The van der Waals surface area contributed by atoms with Crippen LogP contribution < -0.4 is 5.32 Å². The topological polar surface area (TPSA) is 61.8 Å². The lowest BCUT2D eigenvalue weighted by molar-refractivity contribution is -0.0244. The standard InChI is InChI=1S/C18H27FN2O3/c1-13-5-6-14(11-15(13)19)20-12-18(23)7-9-21(10-8-18)16(22)24-17(2,3)4/h5-6,11,20,23H,7-10,12H2,1-4H3. The Morgan fingerprint density at radius 3 is 2.54 bits per heavy atom. The molecule has 5 nitrogen and oxygen atoms in total. The molecule has 24 heavy (non-hydrogen) atoms. The third-order valence-electron chi connectivity index (χ3n) is 4.14. The van der Waals surface area contributed by atoms with Gasteiger partial charge in [-0.1, -0.05) is 6.07 Å². The highest BCUT2D eigenvalue weighted by atomic mass is 19.1. The van der Waals surface area contributed by atoms with E-state index in [0.29, 0.717) is 43.7 Å².